The predicted molar refractivity (Wildman–Crippen MR) is 108 cm³/mol. The number of hydrogen-bond acceptors (Lipinski definition) is 4. The minimum absolute atomic E-state index is 0.208. The zero-order chi connectivity index (χ0) is 19.5. The zero-order valence-corrected chi connectivity index (χ0v) is 15.5. The third kappa shape index (κ3) is 3.69. The largest absolute Gasteiger partial charge is 0.393 e. The standard InChI is InChI=1S/C22H23N3O3/c26-18-11-9-17(10-12-18)25-20-7-2-1-6-19(20)23-22(25)16-5-3-4-15(14-16)8-13-21(27)24-28/h1-8,13-14,17-18,26,28H,9-12H2,(H,24,27). The molecule has 6 nitrogen and oxygen atoms in total. The number of imidazole rings is 1. The Bertz CT molecular complexity index is 1020. The average Bonchev–Trinajstić information content (AvgIpc) is 3.12. The van der Waals surface area contributed by atoms with E-state index >= 15 is 0 Å². The molecule has 1 aliphatic carbocycles. The Morgan fingerprint density at radius 1 is 1.11 bits per heavy atom. The number of rotatable bonds is 4. The van der Waals surface area contributed by atoms with Crippen LogP contribution in [0, 0.1) is 0 Å². The van der Waals surface area contributed by atoms with Crippen molar-refractivity contribution in [2.45, 2.75) is 37.8 Å². The first-order valence-corrected chi connectivity index (χ1v) is 9.53. The number of aliphatic hydroxyl groups is 1. The van der Waals surface area contributed by atoms with Gasteiger partial charge in [-0.2, -0.15) is 0 Å². The number of hydroxylamine groups is 1. The molecule has 0 bridgehead atoms. The fourth-order valence-corrected chi connectivity index (χ4v) is 3.92. The van der Waals surface area contributed by atoms with Gasteiger partial charge in [0.15, 0.2) is 0 Å². The van der Waals surface area contributed by atoms with E-state index in [9.17, 15) is 9.90 Å². The molecule has 0 radical (unpaired) electrons. The molecule has 1 aliphatic rings. The first-order valence-electron chi connectivity index (χ1n) is 9.53. The highest BCUT2D eigenvalue weighted by molar-refractivity contribution is 5.91. The topological polar surface area (TPSA) is 87.4 Å². The lowest BCUT2D eigenvalue weighted by molar-refractivity contribution is -0.124. The number of para-hydroxylation sites is 2. The molecule has 1 saturated carbocycles. The molecule has 0 spiro atoms. The van der Waals surface area contributed by atoms with Crippen LogP contribution >= 0.6 is 0 Å². The second kappa shape index (κ2) is 7.96. The highest BCUT2D eigenvalue weighted by atomic mass is 16.5. The Morgan fingerprint density at radius 3 is 2.68 bits per heavy atom. The molecule has 0 unspecified atom stereocenters. The van der Waals surface area contributed by atoms with Gasteiger partial charge in [-0.1, -0.05) is 30.3 Å². The number of nitrogens with zero attached hydrogens (tertiary/aromatic N) is 2. The smallest absolute Gasteiger partial charge is 0.267 e. The summed E-state index contributed by atoms with van der Waals surface area (Å²) >= 11 is 0. The van der Waals surface area contributed by atoms with Gasteiger partial charge in [-0.15, -0.1) is 0 Å². The SMILES string of the molecule is O=C(C=Cc1cccc(-c2nc3ccccc3n2C2CCC(O)CC2)c1)NO. The van der Waals surface area contributed by atoms with Crippen molar-refractivity contribution in [2.24, 2.45) is 0 Å². The van der Waals surface area contributed by atoms with Crippen LogP contribution in [0.2, 0.25) is 0 Å². The summed E-state index contributed by atoms with van der Waals surface area (Å²) in [6, 6.07) is 16.2. The van der Waals surface area contributed by atoms with Crippen LogP contribution in [0.4, 0.5) is 0 Å². The number of carbonyl (C=O) groups is 1. The summed E-state index contributed by atoms with van der Waals surface area (Å²) in [5.74, 6) is 0.322. The maximum Gasteiger partial charge on any atom is 0.267 e. The molecule has 6 heteroatoms. The highest BCUT2D eigenvalue weighted by Gasteiger charge is 2.25. The Kier molecular flexibility index (Phi) is 5.23. The van der Waals surface area contributed by atoms with E-state index in [-0.39, 0.29) is 6.10 Å². The van der Waals surface area contributed by atoms with E-state index in [1.54, 1.807) is 11.6 Å². The molecular weight excluding hydrogens is 354 g/mol. The molecule has 144 valence electrons. The number of aliphatic hydroxyl groups excluding tert-OH is 1. The monoisotopic (exact) mass is 377 g/mol. The van der Waals surface area contributed by atoms with E-state index in [1.165, 1.54) is 6.08 Å². The van der Waals surface area contributed by atoms with Crippen molar-refractivity contribution >= 4 is 23.0 Å². The second-order valence-corrected chi connectivity index (χ2v) is 7.19. The minimum Gasteiger partial charge on any atom is -0.393 e. The highest BCUT2D eigenvalue weighted by Crippen LogP contribution is 2.36. The molecule has 4 rings (SSSR count). The lowest BCUT2D eigenvalue weighted by atomic mass is 9.92. The minimum atomic E-state index is -0.571. The number of hydrogen-bond donors (Lipinski definition) is 3. The molecule has 1 fully saturated rings. The quantitative estimate of drug-likeness (QED) is 0.368. The van der Waals surface area contributed by atoms with E-state index in [0.717, 1.165) is 53.7 Å². The number of nitrogens with one attached hydrogen (secondary N) is 1. The molecule has 0 saturated heterocycles. The molecule has 1 amide bonds. The number of benzene rings is 2. The maximum absolute atomic E-state index is 11.3. The van der Waals surface area contributed by atoms with E-state index in [2.05, 4.69) is 10.6 Å². The third-order valence-electron chi connectivity index (χ3n) is 5.31. The van der Waals surface area contributed by atoms with Gasteiger partial charge in [0.2, 0.25) is 0 Å². The van der Waals surface area contributed by atoms with E-state index in [4.69, 9.17) is 10.2 Å². The van der Waals surface area contributed by atoms with Gasteiger partial charge < -0.3 is 9.67 Å². The van der Waals surface area contributed by atoms with Gasteiger partial charge in [-0.05, 0) is 55.5 Å². The number of amides is 1. The van der Waals surface area contributed by atoms with Crippen molar-refractivity contribution in [3.05, 3.63) is 60.2 Å². The van der Waals surface area contributed by atoms with Gasteiger partial charge in [0, 0.05) is 17.7 Å². The van der Waals surface area contributed by atoms with Crippen LogP contribution in [-0.2, 0) is 4.79 Å². The molecule has 2 aromatic carbocycles. The summed E-state index contributed by atoms with van der Waals surface area (Å²) in [5, 5.41) is 18.5. The van der Waals surface area contributed by atoms with Crippen LogP contribution in [0.1, 0.15) is 37.3 Å². The normalized spacial score (nSPS) is 19.9. The summed E-state index contributed by atoms with van der Waals surface area (Å²) in [6.45, 7) is 0. The predicted octanol–water partition coefficient (Wildman–Crippen LogP) is 3.70. The Labute approximate surface area is 163 Å². The van der Waals surface area contributed by atoms with Crippen molar-refractivity contribution in [1.29, 1.82) is 0 Å². The number of carbonyl (C=O) groups excluding carboxylic acids is 1. The zero-order valence-electron chi connectivity index (χ0n) is 15.5. The lowest BCUT2D eigenvalue weighted by Gasteiger charge is -2.28. The van der Waals surface area contributed by atoms with Crippen LogP contribution in [0.15, 0.2) is 54.6 Å². The van der Waals surface area contributed by atoms with E-state index < -0.39 is 5.91 Å². The summed E-state index contributed by atoms with van der Waals surface area (Å²) in [5.41, 5.74) is 5.45. The van der Waals surface area contributed by atoms with Crippen LogP contribution < -0.4 is 5.48 Å². The van der Waals surface area contributed by atoms with Crippen LogP contribution in [0.5, 0.6) is 0 Å². The average molecular weight is 377 g/mol. The molecule has 0 atom stereocenters. The van der Waals surface area contributed by atoms with Crippen LogP contribution in [-0.4, -0.2) is 31.9 Å². The lowest BCUT2D eigenvalue weighted by Crippen LogP contribution is -2.21. The molecule has 1 aromatic heterocycles. The van der Waals surface area contributed by atoms with Gasteiger partial charge in [0.1, 0.15) is 5.82 Å². The number of fused-ring (bicyclic) bond motifs is 1. The molecule has 3 N–H and O–H groups in total. The van der Waals surface area contributed by atoms with Crippen molar-refractivity contribution in [2.75, 3.05) is 0 Å². The second-order valence-electron chi connectivity index (χ2n) is 7.19. The van der Waals surface area contributed by atoms with Gasteiger partial charge in [-0.3, -0.25) is 10.0 Å². The van der Waals surface area contributed by atoms with Gasteiger partial charge in [-0.25, -0.2) is 10.5 Å². The molecule has 28 heavy (non-hydrogen) atoms. The fraction of sp³-hybridized carbons (Fsp3) is 0.273. The van der Waals surface area contributed by atoms with Crippen molar-refractivity contribution in [3.63, 3.8) is 0 Å². The van der Waals surface area contributed by atoms with E-state index in [0.29, 0.717) is 6.04 Å². The Morgan fingerprint density at radius 2 is 1.89 bits per heavy atom. The molecular formula is C22H23N3O3. The van der Waals surface area contributed by atoms with Crippen LogP contribution in [0.3, 0.4) is 0 Å². The molecule has 1 heterocycles. The summed E-state index contributed by atoms with van der Waals surface area (Å²) in [7, 11) is 0. The third-order valence-corrected chi connectivity index (χ3v) is 5.31. The Balaban J connectivity index is 1.77. The molecule has 3 aromatic rings. The first-order chi connectivity index (χ1) is 13.7. The summed E-state index contributed by atoms with van der Waals surface area (Å²) in [4.78, 5) is 16.1. The fourth-order valence-electron chi connectivity index (χ4n) is 3.92. The van der Waals surface area contributed by atoms with Gasteiger partial charge in [0.25, 0.3) is 5.91 Å². The maximum atomic E-state index is 11.3. The van der Waals surface area contributed by atoms with Crippen molar-refractivity contribution < 1.29 is 15.1 Å². The van der Waals surface area contributed by atoms with Crippen LogP contribution in [0.25, 0.3) is 28.5 Å². The molecule has 0 aliphatic heterocycles. The van der Waals surface area contributed by atoms with Crippen molar-refractivity contribution in [3.8, 4) is 11.4 Å². The van der Waals surface area contributed by atoms with Gasteiger partial charge in [0.05, 0.1) is 17.1 Å². The van der Waals surface area contributed by atoms with Gasteiger partial charge >= 0.3 is 0 Å². The summed E-state index contributed by atoms with van der Waals surface area (Å²) < 4.78 is 2.30. The summed E-state index contributed by atoms with van der Waals surface area (Å²) in [6.07, 6.45) is 6.17. The number of aromatic nitrogens is 2. The van der Waals surface area contributed by atoms with Crippen molar-refractivity contribution in [1.82, 2.24) is 15.0 Å². The Hall–Kier alpha value is -2.96. The first kappa shape index (κ1) is 18.4. The van der Waals surface area contributed by atoms with E-state index in [1.807, 2.05) is 42.5 Å².